The summed E-state index contributed by atoms with van der Waals surface area (Å²) in [7, 11) is 0. The van der Waals surface area contributed by atoms with Crippen molar-refractivity contribution >= 4 is 39.2 Å². The van der Waals surface area contributed by atoms with Crippen LogP contribution >= 0.6 is 15.9 Å². The SMILES string of the molecule is CC1=NN(c2ccccc2)C(=O)[C@@]12CC(C)=C(C(=O)O)[C@H]2c1ccc(Br)cc1. The summed E-state index contributed by atoms with van der Waals surface area (Å²) >= 11 is 3.42. The summed E-state index contributed by atoms with van der Waals surface area (Å²) < 4.78 is 0.898. The first-order valence-electron chi connectivity index (χ1n) is 9.00. The number of carbonyl (C=O) groups is 2. The van der Waals surface area contributed by atoms with Gasteiger partial charge in [-0.3, -0.25) is 4.79 Å². The molecule has 0 unspecified atom stereocenters. The largest absolute Gasteiger partial charge is 0.478 e. The summed E-state index contributed by atoms with van der Waals surface area (Å²) in [5, 5.41) is 15.9. The van der Waals surface area contributed by atoms with Gasteiger partial charge < -0.3 is 5.11 Å². The van der Waals surface area contributed by atoms with Gasteiger partial charge in [-0.15, -0.1) is 0 Å². The van der Waals surface area contributed by atoms with Gasteiger partial charge in [0.25, 0.3) is 5.91 Å². The van der Waals surface area contributed by atoms with E-state index >= 15 is 0 Å². The maximum absolute atomic E-state index is 13.7. The van der Waals surface area contributed by atoms with Crippen LogP contribution < -0.4 is 5.01 Å². The van der Waals surface area contributed by atoms with E-state index in [4.69, 9.17) is 0 Å². The minimum absolute atomic E-state index is 0.181. The normalized spacial score (nSPS) is 24.2. The smallest absolute Gasteiger partial charge is 0.332 e. The maximum atomic E-state index is 13.7. The molecule has 0 radical (unpaired) electrons. The molecule has 2 aromatic rings. The van der Waals surface area contributed by atoms with Crippen LogP contribution in [0.1, 0.15) is 31.7 Å². The van der Waals surface area contributed by atoms with Gasteiger partial charge in [0.15, 0.2) is 0 Å². The van der Waals surface area contributed by atoms with Crippen molar-refractivity contribution in [3.63, 3.8) is 0 Å². The van der Waals surface area contributed by atoms with Crippen LogP contribution in [0.25, 0.3) is 0 Å². The molecule has 0 saturated heterocycles. The summed E-state index contributed by atoms with van der Waals surface area (Å²) in [6.45, 7) is 3.63. The molecule has 5 nitrogen and oxygen atoms in total. The van der Waals surface area contributed by atoms with Gasteiger partial charge in [-0.25, -0.2) is 4.79 Å². The average molecular weight is 439 g/mol. The van der Waals surface area contributed by atoms with E-state index in [1.807, 2.05) is 61.5 Å². The van der Waals surface area contributed by atoms with E-state index < -0.39 is 17.3 Å². The number of aliphatic carboxylic acids is 1. The second-order valence-corrected chi connectivity index (χ2v) is 8.19. The number of amides is 1. The first-order chi connectivity index (χ1) is 13.4. The minimum Gasteiger partial charge on any atom is -0.478 e. The van der Waals surface area contributed by atoms with Gasteiger partial charge in [0.2, 0.25) is 0 Å². The Hall–Kier alpha value is -2.73. The number of anilines is 1. The van der Waals surface area contributed by atoms with Gasteiger partial charge in [0.05, 0.1) is 11.4 Å². The highest BCUT2D eigenvalue weighted by atomic mass is 79.9. The van der Waals surface area contributed by atoms with Crippen LogP contribution in [0.5, 0.6) is 0 Å². The highest BCUT2D eigenvalue weighted by molar-refractivity contribution is 9.10. The number of carboxylic acids is 1. The highest BCUT2D eigenvalue weighted by Crippen LogP contribution is 2.56. The van der Waals surface area contributed by atoms with Crippen LogP contribution in [0.15, 0.2) is 75.3 Å². The number of nitrogens with zero attached hydrogens (tertiary/aromatic N) is 2. The molecule has 1 heterocycles. The number of carboxylic acid groups (broad SMARTS) is 1. The Labute approximate surface area is 171 Å². The molecule has 0 saturated carbocycles. The number of allylic oxidation sites excluding steroid dienone is 1. The molecule has 1 aliphatic heterocycles. The topological polar surface area (TPSA) is 70.0 Å². The molecule has 0 aromatic heterocycles. The Bertz CT molecular complexity index is 1030. The lowest BCUT2D eigenvalue weighted by atomic mass is 9.68. The molecule has 6 heteroatoms. The zero-order valence-electron chi connectivity index (χ0n) is 15.5. The summed E-state index contributed by atoms with van der Waals surface area (Å²) in [5.74, 6) is -1.75. The van der Waals surface area contributed by atoms with Crippen molar-refractivity contribution in [2.24, 2.45) is 10.5 Å². The van der Waals surface area contributed by atoms with E-state index in [9.17, 15) is 14.7 Å². The molecule has 0 fully saturated rings. The molecule has 2 aromatic carbocycles. The standard InChI is InChI=1S/C22H19BrN2O3/c1-13-12-22(14(2)24-25(21(22)28)17-6-4-3-5-7-17)19(18(13)20(26)27)15-8-10-16(23)11-9-15/h3-11,19H,12H2,1-2H3,(H,26,27)/t19-,22+/m1/s1. The quantitative estimate of drug-likeness (QED) is 0.751. The molecule has 1 aliphatic carbocycles. The monoisotopic (exact) mass is 438 g/mol. The predicted molar refractivity (Wildman–Crippen MR) is 111 cm³/mol. The van der Waals surface area contributed by atoms with Crippen LogP contribution in [0, 0.1) is 5.41 Å². The highest BCUT2D eigenvalue weighted by Gasteiger charge is 2.60. The van der Waals surface area contributed by atoms with Crippen molar-refractivity contribution in [2.75, 3.05) is 5.01 Å². The Balaban J connectivity index is 1.88. The molecule has 4 rings (SSSR count). The summed E-state index contributed by atoms with van der Waals surface area (Å²) in [6.07, 6.45) is 0.354. The van der Waals surface area contributed by atoms with Gasteiger partial charge in [0, 0.05) is 16.0 Å². The van der Waals surface area contributed by atoms with Crippen LogP contribution in [0.4, 0.5) is 5.69 Å². The lowest BCUT2D eigenvalue weighted by Gasteiger charge is -2.31. The van der Waals surface area contributed by atoms with Gasteiger partial charge in [-0.2, -0.15) is 10.1 Å². The first-order valence-corrected chi connectivity index (χ1v) is 9.79. The predicted octanol–water partition coefficient (Wildman–Crippen LogP) is 4.75. The number of para-hydroxylation sites is 1. The van der Waals surface area contributed by atoms with Crippen LogP contribution in [0.2, 0.25) is 0 Å². The number of hydrazone groups is 1. The van der Waals surface area contributed by atoms with Gasteiger partial charge in [-0.05, 0) is 50.1 Å². The van der Waals surface area contributed by atoms with Gasteiger partial charge >= 0.3 is 5.97 Å². The molecule has 28 heavy (non-hydrogen) atoms. The number of hydrogen-bond donors (Lipinski definition) is 1. The first kappa shape index (κ1) is 18.6. The Morgan fingerprint density at radius 2 is 1.79 bits per heavy atom. The Kier molecular flexibility index (Phi) is 4.46. The second kappa shape index (κ2) is 6.71. The lowest BCUT2D eigenvalue weighted by molar-refractivity contribution is -0.133. The maximum Gasteiger partial charge on any atom is 0.332 e. The van der Waals surface area contributed by atoms with Crippen LogP contribution in [-0.4, -0.2) is 22.7 Å². The van der Waals surface area contributed by atoms with Crippen molar-refractivity contribution in [3.8, 4) is 0 Å². The molecule has 2 aliphatic rings. The third kappa shape index (κ3) is 2.63. The van der Waals surface area contributed by atoms with E-state index in [0.29, 0.717) is 23.4 Å². The Morgan fingerprint density at radius 1 is 1.14 bits per heavy atom. The number of rotatable bonds is 3. The third-order valence-corrected chi connectivity index (χ3v) is 6.22. The number of benzene rings is 2. The second-order valence-electron chi connectivity index (χ2n) is 7.27. The summed E-state index contributed by atoms with van der Waals surface area (Å²) in [4.78, 5) is 25.8. The van der Waals surface area contributed by atoms with Crippen molar-refractivity contribution in [3.05, 3.63) is 75.8 Å². The van der Waals surface area contributed by atoms with Crippen LogP contribution in [0.3, 0.4) is 0 Å². The zero-order chi connectivity index (χ0) is 20.1. The van der Waals surface area contributed by atoms with Crippen LogP contribution in [-0.2, 0) is 9.59 Å². The molecule has 1 N–H and O–H groups in total. The van der Waals surface area contributed by atoms with Crippen molar-refractivity contribution < 1.29 is 14.7 Å². The van der Waals surface area contributed by atoms with E-state index in [-0.39, 0.29) is 5.91 Å². The molecule has 1 spiro atoms. The third-order valence-electron chi connectivity index (χ3n) is 5.69. The number of halogens is 1. The zero-order valence-corrected chi connectivity index (χ0v) is 17.1. The van der Waals surface area contributed by atoms with E-state index in [1.165, 1.54) is 5.01 Å². The fourth-order valence-corrected chi connectivity index (χ4v) is 4.69. The number of hydrogen-bond acceptors (Lipinski definition) is 3. The van der Waals surface area contributed by atoms with Gasteiger partial charge in [0.1, 0.15) is 5.41 Å². The molecule has 0 bridgehead atoms. The minimum atomic E-state index is -1.01. The van der Waals surface area contributed by atoms with E-state index in [2.05, 4.69) is 21.0 Å². The molecular formula is C22H19BrN2O3. The molecular weight excluding hydrogens is 420 g/mol. The summed E-state index contributed by atoms with van der Waals surface area (Å²) in [5.41, 5.74) is 2.12. The fourth-order valence-electron chi connectivity index (χ4n) is 4.43. The molecule has 1 amide bonds. The van der Waals surface area contributed by atoms with Gasteiger partial charge in [-0.1, -0.05) is 51.8 Å². The molecule has 142 valence electrons. The number of carbonyl (C=O) groups excluding carboxylic acids is 1. The van der Waals surface area contributed by atoms with E-state index in [1.54, 1.807) is 6.92 Å². The Morgan fingerprint density at radius 3 is 2.39 bits per heavy atom. The summed E-state index contributed by atoms with van der Waals surface area (Å²) in [6, 6.07) is 16.7. The molecule has 2 atom stereocenters. The van der Waals surface area contributed by atoms with Crippen molar-refractivity contribution in [1.82, 2.24) is 0 Å². The average Bonchev–Trinajstić information content (AvgIpc) is 3.13. The van der Waals surface area contributed by atoms with Crippen molar-refractivity contribution in [2.45, 2.75) is 26.2 Å². The lowest BCUT2D eigenvalue weighted by Crippen LogP contribution is -2.42. The fraction of sp³-hybridized carbons (Fsp3) is 0.227. The van der Waals surface area contributed by atoms with Crippen molar-refractivity contribution in [1.29, 1.82) is 0 Å². The van der Waals surface area contributed by atoms with E-state index in [0.717, 1.165) is 15.6 Å².